The summed E-state index contributed by atoms with van der Waals surface area (Å²) in [6.07, 6.45) is 4.47. The molecule has 0 N–H and O–H groups in total. The van der Waals surface area contributed by atoms with Crippen molar-refractivity contribution >= 4 is 27.8 Å². The van der Waals surface area contributed by atoms with Crippen LogP contribution in [0.25, 0.3) is 11.8 Å². The molecule has 1 aromatic heterocycles. The number of nitrogens with zero attached hydrogens (tertiary/aromatic N) is 2. The molecule has 3 aromatic rings. The van der Waals surface area contributed by atoms with Gasteiger partial charge in [-0.3, -0.25) is 4.79 Å². The first kappa shape index (κ1) is 15.2. The molecule has 0 aliphatic rings. The van der Waals surface area contributed by atoms with Gasteiger partial charge in [0.1, 0.15) is 5.95 Å². The number of halogens is 1. The predicted molar refractivity (Wildman–Crippen MR) is 85.0 cm³/mol. The lowest BCUT2D eigenvalue weighted by Gasteiger charge is -1.97. The molecule has 2 aromatic carbocycles. The third-order valence-electron chi connectivity index (χ3n) is 3.14. The maximum atomic E-state index is 12.3. The van der Waals surface area contributed by atoms with Gasteiger partial charge >= 0.3 is 0 Å². The van der Waals surface area contributed by atoms with Gasteiger partial charge in [0.15, 0.2) is 5.78 Å². The zero-order valence-corrected chi connectivity index (χ0v) is 13.4. The number of hydrogen-bond donors (Lipinski definition) is 0. The lowest BCUT2D eigenvalue weighted by molar-refractivity contribution is -0.670. The number of aromatic nitrogens is 2. The van der Waals surface area contributed by atoms with Crippen molar-refractivity contribution in [2.45, 2.75) is 0 Å². The summed E-state index contributed by atoms with van der Waals surface area (Å²) in [5.74, 6) is -0.682. The summed E-state index contributed by atoms with van der Waals surface area (Å²) in [6, 6.07) is 14.4. The zero-order valence-electron chi connectivity index (χ0n) is 11.8. The Morgan fingerprint density at radius 3 is 2.70 bits per heavy atom. The number of carbonyl (C=O) groups is 1. The zero-order chi connectivity index (χ0) is 16.2. The van der Waals surface area contributed by atoms with Gasteiger partial charge in [-0.05, 0) is 28.5 Å². The van der Waals surface area contributed by atoms with Crippen molar-refractivity contribution in [2.75, 3.05) is 0 Å². The first-order valence-corrected chi connectivity index (χ1v) is 7.55. The van der Waals surface area contributed by atoms with Crippen molar-refractivity contribution in [3.8, 4) is 11.6 Å². The highest BCUT2D eigenvalue weighted by atomic mass is 79.9. The molecule has 0 aliphatic heterocycles. The number of allylic oxidation sites excluding steroid dienone is 1. The summed E-state index contributed by atoms with van der Waals surface area (Å²) >= 11 is 3.36. The topological polar surface area (TPSA) is 70.0 Å². The summed E-state index contributed by atoms with van der Waals surface area (Å²) < 4.78 is 6.76. The Morgan fingerprint density at radius 2 is 2.00 bits per heavy atom. The van der Waals surface area contributed by atoms with Gasteiger partial charge in [0.2, 0.25) is 11.9 Å². The van der Waals surface area contributed by atoms with Crippen molar-refractivity contribution in [3.63, 3.8) is 0 Å². The molecule has 0 saturated heterocycles. The molecule has 6 heteroatoms. The van der Waals surface area contributed by atoms with Crippen molar-refractivity contribution in [3.05, 3.63) is 76.4 Å². The minimum absolute atomic E-state index is 0.138. The molecule has 0 bridgehead atoms. The average Bonchev–Trinajstić information content (AvgIpc) is 3.01. The van der Waals surface area contributed by atoms with E-state index >= 15 is 0 Å². The summed E-state index contributed by atoms with van der Waals surface area (Å²) in [7, 11) is 0. The highest BCUT2D eigenvalue weighted by molar-refractivity contribution is 9.10. The Morgan fingerprint density at radius 1 is 1.22 bits per heavy atom. The van der Waals surface area contributed by atoms with Crippen LogP contribution in [0.4, 0.5) is 0 Å². The third kappa shape index (κ3) is 3.73. The fourth-order valence-electron chi connectivity index (χ4n) is 2.00. The van der Waals surface area contributed by atoms with Crippen LogP contribution in [0.5, 0.6) is 5.95 Å². The maximum absolute atomic E-state index is 12.3. The van der Waals surface area contributed by atoms with Crippen molar-refractivity contribution in [1.29, 1.82) is 0 Å². The molecule has 0 radical (unpaired) electrons. The van der Waals surface area contributed by atoms with Gasteiger partial charge in [-0.1, -0.05) is 46.3 Å². The molecule has 0 atom stereocenters. The first-order valence-electron chi connectivity index (χ1n) is 6.76. The quantitative estimate of drug-likeness (QED) is 0.402. The van der Waals surface area contributed by atoms with Crippen molar-refractivity contribution in [2.24, 2.45) is 0 Å². The van der Waals surface area contributed by atoms with Crippen LogP contribution in [0.3, 0.4) is 0 Å². The number of benzene rings is 2. The number of hydrogen-bond acceptors (Lipinski definition) is 4. The molecule has 5 nitrogen and oxygen atoms in total. The van der Waals surface area contributed by atoms with Gasteiger partial charge in [0.05, 0.1) is 5.27 Å². The molecular weight excluding hydrogens is 360 g/mol. The number of ketones is 1. The van der Waals surface area contributed by atoms with Crippen LogP contribution in [0.15, 0.2) is 69.8 Å². The second-order valence-electron chi connectivity index (χ2n) is 4.77. The van der Waals surface area contributed by atoms with E-state index in [1.54, 1.807) is 30.3 Å². The molecule has 3 rings (SSSR count). The summed E-state index contributed by atoms with van der Waals surface area (Å²) in [5, 5.41) is 14.6. The largest absolute Gasteiger partial charge is 0.539 e. The Hall–Kier alpha value is -2.73. The standard InChI is InChI=1S/C17H11BrN2O3/c18-14-7-4-12(5-8-14)6-9-16(21)13-2-1-3-15(10-13)20-11-17(22)23-19-20/h1-11H/b9-6+. The van der Waals surface area contributed by atoms with Gasteiger partial charge in [-0.25, -0.2) is 0 Å². The predicted octanol–water partition coefficient (Wildman–Crippen LogP) is 2.68. The van der Waals surface area contributed by atoms with E-state index < -0.39 is 5.95 Å². The molecule has 0 unspecified atom stereocenters. The van der Waals surface area contributed by atoms with E-state index in [1.807, 2.05) is 24.3 Å². The van der Waals surface area contributed by atoms with Crippen LogP contribution in [0.2, 0.25) is 0 Å². The Balaban J connectivity index is 1.81. The van der Waals surface area contributed by atoms with Gasteiger partial charge in [0, 0.05) is 22.2 Å². The highest BCUT2D eigenvalue weighted by Crippen LogP contribution is 2.13. The Bertz CT molecular complexity index is 870. The van der Waals surface area contributed by atoms with Crippen molar-refractivity contribution < 1.29 is 19.1 Å². The highest BCUT2D eigenvalue weighted by Gasteiger charge is 2.11. The van der Waals surface area contributed by atoms with E-state index in [2.05, 4.69) is 25.7 Å². The lowest BCUT2D eigenvalue weighted by Crippen LogP contribution is -2.31. The molecule has 0 amide bonds. The molecule has 0 spiro atoms. The lowest BCUT2D eigenvalue weighted by atomic mass is 10.1. The van der Waals surface area contributed by atoms with E-state index in [4.69, 9.17) is 0 Å². The molecule has 1 heterocycles. The fourth-order valence-corrected chi connectivity index (χ4v) is 2.26. The van der Waals surface area contributed by atoms with Crippen LogP contribution in [-0.4, -0.2) is 11.1 Å². The van der Waals surface area contributed by atoms with Crippen LogP contribution in [0, 0.1) is 0 Å². The van der Waals surface area contributed by atoms with Gasteiger partial charge in [-0.2, -0.15) is 0 Å². The molecule has 0 aliphatic carbocycles. The Kier molecular flexibility index (Phi) is 4.34. The van der Waals surface area contributed by atoms with Crippen LogP contribution in [0.1, 0.15) is 15.9 Å². The normalized spacial score (nSPS) is 11.0. The summed E-state index contributed by atoms with van der Waals surface area (Å²) in [4.78, 5) is 12.3. The third-order valence-corrected chi connectivity index (χ3v) is 3.67. The summed E-state index contributed by atoms with van der Waals surface area (Å²) in [6.45, 7) is 0. The minimum atomic E-state index is -0.545. The SMILES string of the molecule is O=C(/C=C/c1ccc(Br)cc1)c1cccc(-[n+]2cc([O-])on2)c1. The number of carbonyl (C=O) groups excluding carboxylic acids is 1. The maximum Gasteiger partial charge on any atom is 0.240 e. The first-order chi connectivity index (χ1) is 11.1. The monoisotopic (exact) mass is 370 g/mol. The van der Waals surface area contributed by atoms with Crippen LogP contribution < -0.4 is 9.79 Å². The van der Waals surface area contributed by atoms with E-state index in [-0.39, 0.29) is 5.78 Å². The van der Waals surface area contributed by atoms with Gasteiger partial charge in [0.25, 0.3) is 0 Å². The molecule has 0 saturated carbocycles. The second kappa shape index (κ2) is 6.58. The minimum Gasteiger partial charge on any atom is -0.539 e. The average molecular weight is 371 g/mol. The van der Waals surface area contributed by atoms with Gasteiger partial charge in [-0.15, -0.1) is 0 Å². The van der Waals surface area contributed by atoms with E-state index in [1.165, 1.54) is 17.0 Å². The molecule has 23 heavy (non-hydrogen) atoms. The Labute approximate surface area is 140 Å². The fraction of sp³-hybridized carbons (Fsp3) is 0. The van der Waals surface area contributed by atoms with E-state index in [9.17, 15) is 9.90 Å². The second-order valence-corrected chi connectivity index (χ2v) is 5.68. The summed E-state index contributed by atoms with van der Waals surface area (Å²) in [5.41, 5.74) is 2.01. The van der Waals surface area contributed by atoms with Crippen LogP contribution in [-0.2, 0) is 0 Å². The van der Waals surface area contributed by atoms with Gasteiger partial charge < -0.3 is 9.63 Å². The molecular formula is C17H11BrN2O3. The molecule has 114 valence electrons. The van der Waals surface area contributed by atoms with E-state index in [0.717, 1.165) is 10.0 Å². The smallest absolute Gasteiger partial charge is 0.240 e. The van der Waals surface area contributed by atoms with Crippen molar-refractivity contribution in [1.82, 2.24) is 5.27 Å². The number of rotatable bonds is 4. The molecule has 0 fully saturated rings. The van der Waals surface area contributed by atoms with E-state index in [0.29, 0.717) is 11.3 Å². The van der Waals surface area contributed by atoms with Crippen LogP contribution >= 0.6 is 15.9 Å².